The van der Waals surface area contributed by atoms with Gasteiger partial charge >= 0.3 is 11.9 Å². The van der Waals surface area contributed by atoms with Crippen LogP contribution in [0.3, 0.4) is 0 Å². The quantitative estimate of drug-likeness (QED) is 0.143. The fraction of sp³-hybridized carbons (Fsp3) is 0.341. The number of ether oxygens (including phenoxy) is 2. The van der Waals surface area contributed by atoms with E-state index in [9.17, 15) is 14.4 Å². The number of furan rings is 1. The van der Waals surface area contributed by atoms with E-state index in [1.54, 1.807) is 18.4 Å². The van der Waals surface area contributed by atoms with E-state index >= 15 is 0 Å². The Morgan fingerprint density at radius 3 is 2.37 bits per heavy atom. The van der Waals surface area contributed by atoms with Crippen LogP contribution in [0, 0.1) is 13.8 Å². The summed E-state index contributed by atoms with van der Waals surface area (Å²) < 4.78 is 15.7. The molecule has 2 atom stereocenters. The van der Waals surface area contributed by atoms with Crippen LogP contribution in [0.1, 0.15) is 102 Å². The highest BCUT2D eigenvalue weighted by Gasteiger charge is 2.36. The molecule has 0 fully saturated rings. The molecule has 3 N–H and O–H groups in total. The van der Waals surface area contributed by atoms with Crippen LogP contribution in [0.25, 0.3) is 39.3 Å². The molecule has 11 heteroatoms. The number of nitrogens with one attached hydrogen (secondary N) is 3. The van der Waals surface area contributed by atoms with Crippen LogP contribution >= 0.6 is 0 Å². The summed E-state index contributed by atoms with van der Waals surface area (Å²) in [6.07, 6.45) is 4.52. The number of aryl methyl sites for hydroxylation is 3. The molecule has 1 amide bonds. The number of H-pyrrole nitrogens is 2. The number of carbonyl (C=O) groups excluding carboxylic acids is 3. The van der Waals surface area contributed by atoms with Gasteiger partial charge in [0.1, 0.15) is 5.76 Å². The molecule has 6 rings (SSSR count). The van der Waals surface area contributed by atoms with Crippen LogP contribution in [0.4, 0.5) is 0 Å². The molecule has 2 aliphatic rings. The molecule has 52 heavy (non-hydrogen) atoms. The second kappa shape index (κ2) is 14.9. The Hall–Kier alpha value is -5.71. The minimum atomic E-state index is -0.508. The third-order valence-corrected chi connectivity index (χ3v) is 10.4. The van der Waals surface area contributed by atoms with Gasteiger partial charge in [0.25, 0.3) is 5.91 Å². The molecule has 8 bridgehead atoms. The summed E-state index contributed by atoms with van der Waals surface area (Å²) in [4.78, 5) is 57.5. The summed E-state index contributed by atoms with van der Waals surface area (Å²) in [6, 6.07) is 9.63. The fourth-order valence-electron chi connectivity index (χ4n) is 7.37. The highest BCUT2D eigenvalue weighted by Crippen LogP contribution is 2.44. The van der Waals surface area contributed by atoms with Crippen molar-refractivity contribution >= 4 is 57.1 Å². The van der Waals surface area contributed by atoms with Gasteiger partial charge in [-0.2, -0.15) is 0 Å². The van der Waals surface area contributed by atoms with Gasteiger partial charge in [-0.1, -0.05) is 26.5 Å². The van der Waals surface area contributed by atoms with Gasteiger partial charge in [0.15, 0.2) is 0 Å². The first-order chi connectivity index (χ1) is 25.0. The molecule has 11 nitrogen and oxygen atoms in total. The second-order valence-corrected chi connectivity index (χ2v) is 13.3. The molecule has 0 aliphatic carbocycles. The zero-order valence-electron chi connectivity index (χ0n) is 30.8. The average molecular weight is 704 g/mol. The molecule has 0 spiro atoms. The maximum atomic E-state index is 14.2. The number of hydrogen-bond donors (Lipinski definition) is 3. The van der Waals surface area contributed by atoms with Crippen molar-refractivity contribution in [3.8, 4) is 0 Å². The lowest BCUT2D eigenvalue weighted by Crippen LogP contribution is -2.24. The fourth-order valence-corrected chi connectivity index (χ4v) is 7.37. The summed E-state index contributed by atoms with van der Waals surface area (Å²) in [5.74, 6) is -1.10. The Kier molecular flexibility index (Phi) is 10.3. The third kappa shape index (κ3) is 6.70. The van der Waals surface area contributed by atoms with E-state index in [2.05, 4.69) is 48.7 Å². The molecule has 0 aromatic carbocycles. The van der Waals surface area contributed by atoms with Crippen molar-refractivity contribution in [3.05, 3.63) is 99.5 Å². The van der Waals surface area contributed by atoms with Crippen molar-refractivity contribution in [1.82, 2.24) is 25.3 Å². The lowest BCUT2D eigenvalue weighted by Gasteiger charge is -2.18. The number of nitrogens with zero attached hydrogens (tertiary/aromatic N) is 2. The van der Waals surface area contributed by atoms with Gasteiger partial charge in [0, 0.05) is 57.1 Å². The molecule has 0 saturated carbocycles. The predicted molar refractivity (Wildman–Crippen MR) is 201 cm³/mol. The van der Waals surface area contributed by atoms with E-state index in [0.717, 1.165) is 56.4 Å². The van der Waals surface area contributed by atoms with Crippen molar-refractivity contribution in [3.63, 3.8) is 0 Å². The standard InChI is InChI=1S/C41H45N5O6/c1-9-26-21(3)30-17-32-23(5)28(13-14-36(47)50-7)39(45-32)29(16-37(48)51-8)40-38(41(49)42-20-25-12-11-15-52-25)24(6)33(46-40)19-35-27(10-2)22(4)31(44-35)18-34(26)43-30/h9,11-12,15,17-19,23,28,43-44H,1,10,13-14,16,20H2,2-8H3,(H,42,49)/t23-,28-/m0/s1. The van der Waals surface area contributed by atoms with Gasteiger partial charge < -0.3 is 29.2 Å². The topological polar surface area (TPSA) is 152 Å². The number of methoxy groups -OCH3 is 2. The van der Waals surface area contributed by atoms with Crippen molar-refractivity contribution in [2.75, 3.05) is 14.2 Å². The normalized spacial score (nSPS) is 15.4. The molecular weight excluding hydrogens is 658 g/mol. The van der Waals surface area contributed by atoms with E-state index in [0.29, 0.717) is 46.0 Å². The van der Waals surface area contributed by atoms with Gasteiger partial charge in [-0.3, -0.25) is 19.4 Å². The lowest BCUT2D eigenvalue weighted by molar-refractivity contribution is -0.141. The van der Waals surface area contributed by atoms with Gasteiger partial charge in [-0.15, -0.1) is 0 Å². The molecule has 4 aromatic heterocycles. The van der Waals surface area contributed by atoms with Crippen molar-refractivity contribution in [2.45, 2.75) is 78.7 Å². The molecular formula is C41H45N5O6. The highest BCUT2D eigenvalue weighted by atomic mass is 16.5. The summed E-state index contributed by atoms with van der Waals surface area (Å²) in [7, 11) is 2.69. The van der Waals surface area contributed by atoms with Crippen LogP contribution in [-0.2, 0) is 43.2 Å². The second-order valence-electron chi connectivity index (χ2n) is 13.3. The molecule has 270 valence electrons. The number of carbonyl (C=O) groups is 3. The monoisotopic (exact) mass is 703 g/mol. The minimum Gasteiger partial charge on any atom is -0.469 e. The number of allylic oxidation sites excluding steroid dienone is 1. The highest BCUT2D eigenvalue weighted by molar-refractivity contribution is 6.27. The smallest absolute Gasteiger partial charge is 0.310 e. The Morgan fingerprint density at radius 2 is 1.69 bits per heavy atom. The summed E-state index contributed by atoms with van der Waals surface area (Å²) in [5, 5.41) is 2.99. The Labute approximate surface area is 302 Å². The van der Waals surface area contributed by atoms with E-state index in [1.807, 2.05) is 32.1 Å². The third-order valence-electron chi connectivity index (χ3n) is 10.4. The lowest BCUT2D eigenvalue weighted by atomic mass is 9.84. The van der Waals surface area contributed by atoms with Crippen LogP contribution in [0.2, 0.25) is 0 Å². The summed E-state index contributed by atoms with van der Waals surface area (Å²) in [5.41, 5.74) is 11.5. The maximum absolute atomic E-state index is 14.2. The molecule has 0 saturated heterocycles. The Bertz CT molecular complexity index is 2270. The van der Waals surface area contributed by atoms with E-state index in [-0.39, 0.29) is 43.1 Å². The minimum absolute atomic E-state index is 0.141. The first-order valence-electron chi connectivity index (χ1n) is 17.5. The first kappa shape index (κ1) is 36.1. The van der Waals surface area contributed by atoms with Crippen molar-refractivity contribution in [1.29, 1.82) is 0 Å². The number of fused-ring (bicyclic) bond motifs is 8. The van der Waals surface area contributed by atoms with Gasteiger partial charge in [-0.05, 0) is 86.2 Å². The van der Waals surface area contributed by atoms with Crippen molar-refractivity contribution < 1.29 is 28.3 Å². The number of amides is 1. The molecule has 2 aliphatic heterocycles. The van der Waals surface area contributed by atoms with Crippen LogP contribution in [0.5, 0.6) is 0 Å². The van der Waals surface area contributed by atoms with E-state index in [4.69, 9.17) is 23.9 Å². The van der Waals surface area contributed by atoms with Crippen LogP contribution in [-0.4, -0.2) is 52.0 Å². The largest absolute Gasteiger partial charge is 0.469 e. The number of aromatic nitrogens is 4. The molecule has 6 heterocycles. The van der Waals surface area contributed by atoms with Crippen molar-refractivity contribution in [2.24, 2.45) is 0 Å². The SMILES string of the molecule is C=Cc1c(C)c2cc3nc(c(CC(=O)OC)c4nc(cc5[nH]c(cc1[nH]2)c(C)c5CC)C(C)=C4C(=O)NCc1ccco1)[C@@H](CCC(=O)OC)[C@@H]3C. The number of rotatable bonds is 10. The molecule has 4 aromatic rings. The summed E-state index contributed by atoms with van der Waals surface area (Å²) in [6.45, 7) is 14.4. The number of aromatic amines is 2. The Morgan fingerprint density at radius 1 is 0.962 bits per heavy atom. The predicted octanol–water partition coefficient (Wildman–Crippen LogP) is 7.53. The van der Waals surface area contributed by atoms with E-state index in [1.165, 1.54) is 14.2 Å². The summed E-state index contributed by atoms with van der Waals surface area (Å²) >= 11 is 0. The first-order valence-corrected chi connectivity index (χ1v) is 17.5. The maximum Gasteiger partial charge on any atom is 0.310 e. The van der Waals surface area contributed by atoms with Crippen LogP contribution < -0.4 is 5.32 Å². The molecule has 0 unspecified atom stereocenters. The van der Waals surface area contributed by atoms with Gasteiger partial charge in [-0.25, -0.2) is 4.98 Å². The Balaban J connectivity index is 1.75. The average Bonchev–Trinajstić information content (AvgIpc) is 3.95. The zero-order chi connectivity index (χ0) is 37.3. The molecule has 0 radical (unpaired) electrons. The van der Waals surface area contributed by atoms with Gasteiger partial charge in [0.05, 0.1) is 56.1 Å². The van der Waals surface area contributed by atoms with Crippen LogP contribution in [0.15, 0.2) is 47.6 Å². The van der Waals surface area contributed by atoms with E-state index < -0.39 is 5.97 Å². The zero-order valence-corrected chi connectivity index (χ0v) is 30.8. The number of hydrogen-bond acceptors (Lipinski definition) is 8. The van der Waals surface area contributed by atoms with Gasteiger partial charge in [0.2, 0.25) is 0 Å². The number of esters is 2.